The summed E-state index contributed by atoms with van der Waals surface area (Å²) in [4.78, 5) is 15.5. The van der Waals surface area contributed by atoms with Crippen molar-refractivity contribution in [2.45, 2.75) is 6.92 Å². The third-order valence-corrected chi connectivity index (χ3v) is 2.81. The first-order valence-corrected chi connectivity index (χ1v) is 6.80. The van der Waals surface area contributed by atoms with Gasteiger partial charge in [0, 0.05) is 0 Å². The molecular formula is C13H12BrNO4. The molecule has 0 atom stereocenters. The van der Waals surface area contributed by atoms with E-state index in [-0.39, 0.29) is 0 Å². The minimum absolute atomic E-state index is 0.323. The van der Waals surface area contributed by atoms with Crippen molar-refractivity contribution < 1.29 is 18.7 Å². The van der Waals surface area contributed by atoms with E-state index < -0.39 is 5.97 Å². The maximum Gasteiger partial charge on any atom is 0.334 e. The molecule has 0 fully saturated rings. The van der Waals surface area contributed by atoms with E-state index in [2.05, 4.69) is 20.9 Å². The molecule has 1 heterocycles. The van der Waals surface area contributed by atoms with Crippen molar-refractivity contribution in [1.29, 1.82) is 0 Å². The summed E-state index contributed by atoms with van der Waals surface area (Å²) >= 11 is 3.26. The SMILES string of the molecule is CCOC(=O)/C=C(\CBr)Oc1cccc2ocnc12. The van der Waals surface area contributed by atoms with Crippen LogP contribution in [-0.4, -0.2) is 22.9 Å². The van der Waals surface area contributed by atoms with Gasteiger partial charge >= 0.3 is 5.97 Å². The lowest BCUT2D eigenvalue weighted by Crippen LogP contribution is -2.05. The van der Waals surface area contributed by atoms with Crippen molar-refractivity contribution in [3.05, 3.63) is 36.4 Å². The number of oxazole rings is 1. The molecule has 0 amide bonds. The van der Waals surface area contributed by atoms with Crippen LogP contribution < -0.4 is 4.74 Å². The van der Waals surface area contributed by atoms with Gasteiger partial charge in [0.2, 0.25) is 0 Å². The second-order valence-electron chi connectivity index (χ2n) is 3.55. The number of alkyl halides is 1. The molecule has 19 heavy (non-hydrogen) atoms. The molecule has 1 aromatic heterocycles. The number of para-hydroxylation sites is 1. The normalized spacial score (nSPS) is 11.6. The average Bonchev–Trinajstić information content (AvgIpc) is 2.87. The number of hydrogen-bond acceptors (Lipinski definition) is 5. The zero-order valence-corrected chi connectivity index (χ0v) is 11.8. The highest BCUT2D eigenvalue weighted by Gasteiger charge is 2.09. The number of benzene rings is 1. The number of carbonyl (C=O) groups is 1. The minimum atomic E-state index is -0.440. The van der Waals surface area contributed by atoms with Gasteiger partial charge in [-0.1, -0.05) is 22.0 Å². The van der Waals surface area contributed by atoms with Crippen molar-refractivity contribution in [2.75, 3.05) is 11.9 Å². The molecule has 0 N–H and O–H groups in total. The highest BCUT2D eigenvalue weighted by atomic mass is 79.9. The molecule has 2 rings (SSSR count). The van der Waals surface area contributed by atoms with Crippen LogP contribution in [-0.2, 0) is 9.53 Å². The number of carbonyl (C=O) groups excluding carboxylic acids is 1. The van der Waals surface area contributed by atoms with Crippen LogP contribution in [0.1, 0.15) is 6.92 Å². The molecule has 0 aliphatic heterocycles. The van der Waals surface area contributed by atoms with Gasteiger partial charge in [0.15, 0.2) is 23.2 Å². The lowest BCUT2D eigenvalue weighted by atomic mass is 10.3. The number of hydrogen-bond donors (Lipinski definition) is 0. The van der Waals surface area contributed by atoms with E-state index in [0.717, 1.165) is 0 Å². The zero-order chi connectivity index (χ0) is 13.7. The van der Waals surface area contributed by atoms with Crippen molar-refractivity contribution in [3.8, 4) is 5.75 Å². The average molecular weight is 326 g/mol. The fraction of sp³-hybridized carbons (Fsp3) is 0.231. The highest BCUT2D eigenvalue weighted by molar-refractivity contribution is 9.09. The monoisotopic (exact) mass is 325 g/mol. The Hall–Kier alpha value is -1.82. The minimum Gasteiger partial charge on any atom is -0.463 e. The Morgan fingerprint density at radius 2 is 2.37 bits per heavy atom. The second kappa shape index (κ2) is 6.38. The van der Waals surface area contributed by atoms with E-state index in [1.807, 2.05) is 0 Å². The molecule has 0 aliphatic carbocycles. The third-order valence-electron chi connectivity index (χ3n) is 2.26. The van der Waals surface area contributed by atoms with E-state index in [4.69, 9.17) is 13.9 Å². The molecule has 100 valence electrons. The van der Waals surface area contributed by atoms with Crippen molar-refractivity contribution in [1.82, 2.24) is 4.98 Å². The van der Waals surface area contributed by atoms with Gasteiger partial charge in [-0.05, 0) is 19.1 Å². The lowest BCUT2D eigenvalue weighted by molar-refractivity contribution is -0.137. The molecule has 0 unspecified atom stereocenters. The van der Waals surface area contributed by atoms with Gasteiger partial charge in [-0.2, -0.15) is 0 Å². The number of nitrogens with zero attached hydrogens (tertiary/aromatic N) is 1. The van der Waals surface area contributed by atoms with Crippen LogP contribution in [0.5, 0.6) is 5.75 Å². The Kier molecular flexibility index (Phi) is 4.57. The summed E-state index contributed by atoms with van der Waals surface area (Å²) in [6.45, 7) is 2.07. The molecular weight excluding hydrogens is 314 g/mol. The highest BCUT2D eigenvalue weighted by Crippen LogP contribution is 2.25. The Balaban J connectivity index is 2.23. The number of allylic oxidation sites excluding steroid dienone is 1. The van der Waals surface area contributed by atoms with E-state index in [1.54, 1.807) is 25.1 Å². The molecule has 0 bridgehead atoms. The van der Waals surface area contributed by atoms with E-state index >= 15 is 0 Å². The van der Waals surface area contributed by atoms with Crippen LogP contribution in [0.4, 0.5) is 0 Å². The van der Waals surface area contributed by atoms with Gasteiger partial charge in [0.1, 0.15) is 5.76 Å². The van der Waals surface area contributed by atoms with E-state index in [9.17, 15) is 4.79 Å². The van der Waals surface area contributed by atoms with Gasteiger partial charge in [0.05, 0.1) is 18.0 Å². The quantitative estimate of drug-likeness (QED) is 0.366. The molecule has 0 saturated carbocycles. The number of esters is 1. The van der Waals surface area contributed by atoms with E-state index in [0.29, 0.717) is 34.5 Å². The molecule has 1 aromatic carbocycles. The first-order valence-electron chi connectivity index (χ1n) is 5.68. The molecule has 6 heteroatoms. The summed E-state index contributed by atoms with van der Waals surface area (Å²) in [6, 6.07) is 5.34. The number of aromatic nitrogens is 1. The molecule has 0 aliphatic rings. The molecule has 0 spiro atoms. The van der Waals surface area contributed by atoms with Crippen molar-refractivity contribution >= 4 is 33.0 Å². The van der Waals surface area contributed by atoms with Crippen LogP contribution in [0.25, 0.3) is 11.1 Å². The Morgan fingerprint density at radius 3 is 3.11 bits per heavy atom. The van der Waals surface area contributed by atoms with Crippen LogP contribution in [0.2, 0.25) is 0 Å². The number of halogens is 1. The summed E-state index contributed by atoms with van der Waals surface area (Å²) < 4.78 is 15.7. The number of fused-ring (bicyclic) bond motifs is 1. The maximum absolute atomic E-state index is 11.4. The van der Waals surface area contributed by atoms with Crippen molar-refractivity contribution in [3.63, 3.8) is 0 Å². The van der Waals surface area contributed by atoms with Crippen LogP contribution in [0.3, 0.4) is 0 Å². The van der Waals surface area contributed by atoms with Gasteiger partial charge in [-0.15, -0.1) is 0 Å². The van der Waals surface area contributed by atoms with E-state index in [1.165, 1.54) is 12.5 Å². The summed E-state index contributed by atoms with van der Waals surface area (Å²) in [7, 11) is 0. The Labute approximate surface area is 118 Å². The molecule has 0 saturated heterocycles. The predicted octanol–water partition coefficient (Wildman–Crippen LogP) is 3.05. The standard InChI is InChI=1S/C13H12BrNO4/c1-2-17-12(16)6-9(7-14)19-11-5-3-4-10-13(11)15-8-18-10/h3-6,8H,2,7H2,1H3/b9-6+. The van der Waals surface area contributed by atoms with Crippen LogP contribution >= 0.6 is 15.9 Å². The van der Waals surface area contributed by atoms with Gasteiger partial charge < -0.3 is 13.9 Å². The lowest BCUT2D eigenvalue weighted by Gasteiger charge is -2.07. The summed E-state index contributed by atoms with van der Waals surface area (Å²) in [5.41, 5.74) is 1.24. The molecule has 0 radical (unpaired) electrons. The maximum atomic E-state index is 11.4. The van der Waals surface area contributed by atoms with Crippen LogP contribution in [0, 0.1) is 0 Å². The second-order valence-corrected chi connectivity index (χ2v) is 4.11. The number of rotatable bonds is 5. The van der Waals surface area contributed by atoms with Crippen molar-refractivity contribution in [2.24, 2.45) is 0 Å². The first kappa shape index (κ1) is 13.6. The summed E-state index contributed by atoms with van der Waals surface area (Å²) in [5.74, 6) is 0.527. The Morgan fingerprint density at radius 1 is 1.53 bits per heavy atom. The fourth-order valence-electron chi connectivity index (χ4n) is 1.49. The Bertz CT molecular complexity index is 605. The molecule has 2 aromatic rings. The zero-order valence-electron chi connectivity index (χ0n) is 10.3. The van der Waals surface area contributed by atoms with Crippen LogP contribution in [0.15, 0.2) is 40.8 Å². The van der Waals surface area contributed by atoms with Gasteiger partial charge in [-0.25, -0.2) is 9.78 Å². The predicted molar refractivity (Wildman–Crippen MR) is 73.1 cm³/mol. The molecule has 5 nitrogen and oxygen atoms in total. The van der Waals surface area contributed by atoms with Gasteiger partial charge in [-0.3, -0.25) is 0 Å². The smallest absolute Gasteiger partial charge is 0.334 e. The number of ether oxygens (including phenoxy) is 2. The summed E-state index contributed by atoms with van der Waals surface area (Å²) in [5, 5.41) is 0.389. The first-order chi connectivity index (χ1) is 9.24. The fourth-order valence-corrected chi connectivity index (χ4v) is 1.77. The third kappa shape index (κ3) is 3.35. The summed E-state index contributed by atoms with van der Waals surface area (Å²) in [6.07, 6.45) is 2.65. The van der Waals surface area contributed by atoms with Gasteiger partial charge in [0.25, 0.3) is 0 Å². The largest absolute Gasteiger partial charge is 0.463 e. The topological polar surface area (TPSA) is 61.6 Å².